The Morgan fingerprint density at radius 1 is 1.43 bits per heavy atom. The molecule has 1 fully saturated rings. The van der Waals surface area contributed by atoms with Crippen molar-refractivity contribution in [2.75, 3.05) is 0 Å². The van der Waals surface area contributed by atoms with E-state index in [9.17, 15) is 4.79 Å². The van der Waals surface area contributed by atoms with Gasteiger partial charge in [0, 0.05) is 10.0 Å². The smallest absolute Gasteiger partial charge is 0.252 e. The predicted octanol–water partition coefficient (Wildman–Crippen LogP) is 3.72. The van der Waals surface area contributed by atoms with Crippen LogP contribution in [-0.2, 0) is 0 Å². The Morgan fingerprint density at radius 3 is 2.57 bits per heavy atom. The van der Waals surface area contributed by atoms with E-state index in [2.05, 4.69) is 28.2 Å². The van der Waals surface area contributed by atoms with Crippen LogP contribution in [0.4, 0.5) is 0 Å². The Labute approximate surface area is 139 Å². The van der Waals surface area contributed by atoms with Crippen LogP contribution in [0, 0.1) is 12.8 Å². The summed E-state index contributed by atoms with van der Waals surface area (Å²) in [7, 11) is 0. The number of halogens is 1. The van der Waals surface area contributed by atoms with Crippen LogP contribution in [0.5, 0.6) is 0 Å². The number of amides is 1. The predicted molar refractivity (Wildman–Crippen MR) is 93.5 cm³/mol. The quantitative estimate of drug-likeness (QED) is 0.799. The third kappa shape index (κ3) is 3.64. The molecule has 2 rings (SSSR count). The fourth-order valence-corrected chi connectivity index (χ4v) is 3.59. The molecule has 0 bridgehead atoms. The molecule has 1 aromatic carbocycles. The number of hydrogen-bond acceptors (Lipinski definition) is 2. The second-order valence-electron chi connectivity index (χ2n) is 6.04. The highest BCUT2D eigenvalue weighted by Crippen LogP contribution is 2.32. The minimum atomic E-state index is -0.529. The number of carbonyl (C=O) groups excluding carboxylic acids is 1. The van der Waals surface area contributed by atoms with E-state index in [1.165, 1.54) is 0 Å². The van der Waals surface area contributed by atoms with E-state index in [0.717, 1.165) is 35.7 Å². The van der Waals surface area contributed by atoms with Gasteiger partial charge in [0.15, 0.2) is 0 Å². The summed E-state index contributed by atoms with van der Waals surface area (Å²) in [5.41, 5.74) is 7.02. The van der Waals surface area contributed by atoms with E-state index in [0.29, 0.717) is 16.5 Å². The zero-order valence-electron chi connectivity index (χ0n) is 12.4. The van der Waals surface area contributed by atoms with Gasteiger partial charge in [0.1, 0.15) is 0 Å². The fraction of sp³-hybridized carbons (Fsp3) is 0.500. The van der Waals surface area contributed by atoms with E-state index in [4.69, 9.17) is 18.0 Å². The Hall–Kier alpha value is -0.940. The molecular formula is C16H21BrN2OS. The Bertz CT molecular complexity index is 565. The molecule has 0 spiro atoms. The van der Waals surface area contributed by atoms with E-state index >= 15 is 0 Å². The van der Waals surface area contributed by atoms with Crippen LogP contribution in [-0.4, -0.2) is 16.4 Å². The monoisotopic (exact) mass is 368 g/mol. The average Bonchev–Trinajstić information content (AvgIpc) is 2.41. The van der Waals surface area contributed by atoms with E-state index < -0.39 is 5.54 Å². The van der Waals surface area contributed by atoms with Crippen molar-refractivity contribution < 1.29 is 4.79 Å². The highest BCUT2D eigenvalue weighted by Gasteiger charge is 2.38. The molecular weight excluding hydrogens is 348 g/mol. The molecule has 114 valence electrons. The highest BCUT2D eigenvalue weighted by atomic mass is 79.9. The van der Waals surface area contributed by atoms with E-state index in [-0.39, 0.29) is 5.91 Å². The van der Waals surface area contributed by atoms with Crippen LogP contribution in [0.2, 0.25) is 0 Å². The zero-order chi connectivity index (χ0) is 15.6. The van der Waals surface area contributed by atoms with E-state index in [1.54, 1.807) is 0 Å². The van der Waals surface area contributed by atoms with Gasteiger partial charge in [-0.3, -0.25) is 4.79 Å². The van der Waals surface area contributed by atoms with Crippen molar-refractivity contribution in [2.45, 2.75) is 45.1 Å². The maximum atomic E-state index is 12.6. The molecule has 0 aromatic heterocycles. The van der Waals surface area contributed by atoms with Crippen molar-refractivity contribution in [1.82, 2.24) is 5.32 Å². The van der Waals surface area contributed by atoms with Crippen molar-refractivity contribution in [1.29, 1.82) is 0 Å². The Balaban J connectivity index is 2.21. The van der Waals surface area contributed by atoms with Crippen molar-refractivity contribution >= 4 is 39.0 Å². The zero-order valence-corrected chi connectivity index (χ0v) is 14.8. The third-order valence-corrected chi connectivity index (χ3v) is 5.27. The summed E-state index contributed by atoms with van der Waals surface area (Å²) in [4.78, 5) is 13.0. The van der Waals surface area contributed by atoms with Gasteiger partial charge < -0.3 is 11.1 Å². The first-order valence-corrected chi connectivity index (χ1v) is 8.43. The molecule has 0 heterocycles. The maximum Gasteiger partial charge on any atom is 0.252 e. The van der Waals surface area contributed by atoms with Crippen LogP contribution < -0.4 is 11.1 Å². The number of aryl methyl sites for hydroxylation is 1. The first-order chi connectivity index (χ1) is 9.84. The molecule has 21 heavy (non-hydrogen) atoms. The first kappa shape index (κ1) is 16.4. The largest absolute Gasteiger partial charge is 0.391 e. The lowest BCUT2D eigenvalue weighted by Gasteiger charge is -2.39. The van der Waals surface area contributed by atoms with Gasteiger partial charge in [0.25, 0.3) is 5.91 Å². The molecule has 1 aliphatic carbocycles. The van der Waals surface area contributed by atoms with Crippen LogP contribution in [0.15, 0.2) is 22.7 Å². The van der Waals surface area contributed by atoms with Crippen molar-refractivity contribution in [3.8, 4) is 0 Å². The molecule has 0 saturated heterocycles. The number of hydrogen-bond donors (Lipinski definition) is 2. The van der Waals surface area contributed by atoms with Gasteiger partial charge in [-0.1, -0.05) is 35.1 Å². The average molecular weight is 369 g/mol. The summed E-state index contributed by atoms with van der Waals surface area (Å²) in [6.45, 7) is 4.15. The number of rotatable bonds is 3. The molecule has 1 aromatic rings. The molecule has 3 nitrogen and oxygen atoms in total. The molecule has 5 heteroatoms. The lowest BCUT2D eigenvalue weighted by atomic mass is 9.77. The topological polar surface area (TPSA) is 55.1 Å². The van der Waals surface area contributed by atoms with Crippen LogP contribution in [0.1, 0.15) is 48.5 Å². The second-order valence-corrected chi connectivity index (χ2v) is 7.40. The summed E-state index contributed by atoms with van der Waals surface area (Å²) >= 11 is 8.66. The normalized spacial score (nSPS) is 25.4. The van der Waals surface area contributed by atoms with Gasteiger partial charge in [-0.25, -0.2) is 0 Å². The van der Waals surface area contributed by atoms with Crippen LogP contribution in [0.3, 0.4) is 0 Å². The molecule has 1 amide bonds. The van der Waals surface area contributed by atoms with Gasteiger partial charge in [-0.05, 0) is 62.3 Å². The maximum absolute atomic E-state index is 12.6. The first-order valence-electron chi connectivity index (χ1n) is 7.22. The minimum Gasteiger partial charge on any atom is -0.391 e. The summed E-state index contributed by atoms with van der Waals surface area (Å²) in [6.07, 6.45) is 3.73. The standard InChI is InChI=1S/C16H21BrN2OS/c1-10-5-7-16(8-6-10,15(18)21)19-14(20)13-4-3-12(17)9-11(13)2/h3-4,9-10H,5-8H2,1-2H3,(H2,18,21)(H,19,20). The summed E-state index contributed by atoms with van der Waals surface area (Å²) in [5.74, 6) is 0.571. The number of benzene rings is 1. The van der Waals surface area contributed by atoms with Crippen LogP contribution >= 0.6 is 28.1 Å². The van der Waals surface area contributed by atoms with Crippen molar-refractivity contribution in [3.05, 3.63) is 33.8 Å². The fourth-order valence-electron chi connectivity index (χ4n) is 2.85. The number of nitrogens with two attached hydrogens (primary N) is 1. The lowest BCUT2D eigenvalue weighted by Crippen LogP contribution is -2.58. The molecule has 0 atom stereocenters. The van der Waals surface area contributed by atoms with Crippen LogP contribution in [0.25, 0.3) is 0 Å². The van der Waals surface area contributed by atoms with Gasteiger partial charge in [-0.2, -0.15) is 0 Å². The van der Waals surface area contributed by atoms with Crippen molar-refractivity contribution in [2.24, 2.45) is 11.7 Å². The minimum absolute atomic E-state index is 0.0950. The number of nitrogens with one attached hydrogen (secondary N) is 1. The second kappa shape index (κ2) is 6.44. The van der Waals surface area contributed by atoms with Gasteiger partial charge in [0.05, 0.1) is 10.5 Å². The molecule has 0 radical (unpaired) electrons. The molecule has 0 unspecified atom stereocenters. The molecule has 0 aliphatic heterocycles. The lowest BCUT2D eigenvalue weighted by molar-refractivity contribution is 0.0900. The number of thiocarbonyl (C=S) groups is 1. The summed E-state index contributed by atoms with van der Waals surface area (Å²) < 4.78 is 0.965. The summed E-state index contributed by atoms with van der Waals surface area (Å²) in [6, 6.07) is 5.64. The van der Waals surface area contributed by atoms with E-state index in [1.807, 2.05) is 25.1 Å². The molecule has 1 aliphatic rings. The van der Waals surface area contributed by atoms with Gasteiger partial charge >= 0.3 is 0 Å². The highest BCUT2D eigenvalue weighted by molar-refractivity contribution is 9.10. The number of carbonyl (C=O) groups is 1. The molecule has 1 saturated carbocycles. The third-order valence-electron chi connectivity index (χ3n) is 4.39. The summed E-state index contributed by atoms with van der Waals surface area (Å²) in [5, 5.41) is 3.11. The van der Waals surface area contributed by atoms with Gasteiger partial charge in [0.2, 0.25) is 0 Å². The Morgan fingerprint density at radius 2 is 2.05 bits per heavy atom. The Kier molecular flexibility index (Phi) is 5.04. The van der Waals surface area contributed by atoms with Gasteiger partial charge in [-0.15, -0.1) is 0 Å². The SMILES string of the molecule is Cc1cc(Br)ccc1C(=O)NC1(C(N)=S)CCC(C)CC1. The molecule has 3 N–H and O–H groups in total. The van der Waals surface area contributed by atoms with Crippen molar-refractivity contribution in [3.63, 3.8) is 0 Å².